The van der Waals surface area contributed by atoms with Gasteiger partial charge in [0.1, 0.15) is 5.69 Å². The Kier molecular flexibility index (Phi) is 5.31. The quantitative estimate of drug-likeness (QED) is 0.914. The van der Waals surface area contributed by atoms with Crippen LogP contribution in [0.3, 0.4) is 0 Å². The van der Waals surface area contributed by atoms with Gasteiger partial charge in [0.05, 0.1) is 13.2 Å². The Morgan fingerprint density at radius 2 is 1.96 bits per heavy atom. The van der Waals surface area contributed by atoms with Gasteiger partial charge < -0.3 is 15.0 Å². The van der Waals surface area contributed by atoms with Crippen LogP contribution < -0.4 is 5.32 Å². The molecule has 1 aromatic heterocycles. The van der Waals surface area contributed by atoms with Gasteiger partial charge in [-0.2, -0.15) is 0 Å². The summed E-state index contributed by atoms with van der Waals surface area (Å²) in [6, 6.07) is 8.38. The van der Waals surface area contributed by atoms with Crippen molar-refractivity contribution in [3.8, 4) is 0 Å². The minimum Gasteiger partial charge on any atom is -0.378 e. The summed E-state index contributed by atoms with van der Waals surface area (Å²) >= 11 is 6.07. The summed E-state index contributed by atoms with van der Waals surface area (Å²) in [5.74, 6) is -0.519. The number of carbonyl (C=O) groups excluding carboxylic acids is 2. The molecule has 25 heavy (non-hydrogen) atoms. The molecule has 2 amide bonds. The van der Waals surface area contributed by atoms with E-state index in [0.29, 0.717) is 42.6 Å². The first-order valence-corrected chi connectivity index (χ1v) is 8.33. The molecule has 0 aliphatic carbocycles. The van der Waals surface area contributed by atoms with Crippen molar-refractivity contribution in [3.05, 3.63) is 58.4 Å². The molecule has 1 saturated heterocycles. The van der Waals surface area contributed by atoms with Crippen LogP contribution in [0.25, 0.3) is 0 Å². The van der Waals surface area contributed by atoms with Crippen LogP contribution in [0.4, 0.5) is 5.69 Å². The summed E-state index contributed by atoms with van der Waals surface area (Å²) in [4.78, 5) is 30.7. The van der Waals surface area contributed by atoms with E-state index in [1.807, 2.05) is 13.0 Å². The number of rotatable bonds is 3. The van der Waals surface area contributed by atoms with Crippen molar-refractivity contribution < 1.29 is 14.3 Å². The van der Waals surface area contributed by atoms with Gasteiger partial charge >= 0.3 is 0 Å². The van der Waals surface area contributed by atoms with E-state index in [1.54, 1.807) is 23.1 Å². The van der Waals surface area contributed by atoms with E-state index in [4.69, 9.17) is 16.3 Å². The average Bonchev–Trinajstić information content (AvgIpc) is 2.65. The van der Waals surface area contributed by atoms with Crippen LogP contribution >= 0.6 is 11.6 Å². The summed E-state index contributed by atoms with van der Waals surface area (Å²) in [6.07, 6.45) is 1.46. The molecule has 0 bridgehead atoms. The Morgan fingerprint density at radius 3 is 2.68 bits per heavy atom. The van der Waals surface area contributed by atoms with Crippen LogP contribution in [-0.2, 0) is 4.74 Å². The number of nitrogens with one attached hydrogen (secondary N) is 1. The predicted molar refractivity (Wildman–Crippen MR) is 95.1 cm³/mol. The second kappa shape index (κ2) is 7.63. The van der Waals surface area contributed by atoms with Gasteiger partial charge in [0, 0.05) is 35.6 Å². The topological polar surface area (TPSA) is 71.5 Å². The maximum atomic E-state index is 12.5. The van der Waals surface area contributed by atoms with Crippen molar-refractivity contribution in [3.63, 3.8) is 0 Å². The lowest BCUT2D eigenvalue weighted by Crippen LogP contribution is -2.40. The second-order valence-electron chi connectivity index (χ2n) is 5.75. The number of amides is 2. The van der Waals surface area contributed by atoms with Crippen molar-refractivity contribution in [1.82, 2.24) is 9.88 Å². The standard InChI is InChI=1S/C18H18ClN3O3/c1-12-2-3-14(11-15(12)19)21-17(23)16-10-13(4-5-20-16)18(24)22-6-8-25-9-7-22/h2-5,10-11H,6-9H2,1H3,(H,21,23). The fourth-order valence-corrected chi connectivity index (χ4v) is 2.68. The van der Waals surface area contributed by atoms with E-state index in [-0.39, 0.29) is 11.6 Å². The molecule has 2 aromatic rings. The third-order valence-electron chi connectivity index (χ3n) is 3.97. The smallest absolute Gasteiger partial charge is 0.274 e. The van der Waals surface area contributed by atoms with Gasteiger partial charge in [0.25, 0.3) is 11.8 Å². The lowest BCUT2D eigenvalue weighted by Gasteiger charge is -2.26. The molecule has 1 N–H and O–H groups in total. The first-order chi connectivity index (χ1) is 12.0. The van der Waals surface area contributed by atoms with Gasteiger partial charge in [-0.15, -0.1) is 0 Å². The summed E-state index contributed by atoms with van der Waals surface area (Å²) in [5.41, 5.74) is 2.11. The molecule has 0 radical (unpaired) electrons. The number of ether oxygens (including phenoxy) is 1. The Balaban J connectivity index is 1.74. The fourth-order valence-electron chi connectivity index (χ4n) is 2.50. The number of hydrogen-bond donors (Lipinski definition) is 1. The highest BCUT2D eigenvalue weighted by atomic mass is 35.5. The van der Waals surface area contributed by atoms with E-state index >= 15 is 0 Å². The van der Waals surface area contributed by atoms with Gasteiger partial charge in [-0.1, -0.05) is 17.7 Å². The van der Waals surface area contributed by atoms with Crippen LogP contribution in [0.15, 0.2) is 36.5 Å². The summed E-state index contributed by atoms with van der Waals surface area (Å²) in [6.45, 7) is 4.03. The molecule has 6 nitrogen and oxygen atoms in total. The highest BCUT2D eigenvalue weighted by molar-refractivity contribution is 6.31. The zero-order valence-corrected chi connectivity index (χ0v) is 14.5. The number of nitrogens with zero attached hydrogens (tertiary/aromatic N) is 2. The molecule has 1 aliphatic heterocycles. The largest absolute Gasteiger partial charge is 0.378 e. The number of morpholine rings is 1. The van der Waals surface area contributed by atoms with Gasteiger partial charge in [-0.25, -0.2) is 0 Å². The Labute approximate surface area is 150 Å². The summed E-state index contributed by atoms with van der Waals surface area (Å²) < 4.78 is 5.25. The summed E-state index contributed by atoms with van der Waals surface area (Å²) in [7, 11) is 0. The third kappa shape index (κ3) is 4.15. The first-order valence-electron chi connectivity index (χ1n) is 7.95. The molecule has 1 aliphatic rings. The van der Waals surface area contributed by atoms with Crippen LogP contribution in [0.2, 0.25) is 5.02 Å². The van der Waals surface area contributed by atoms with Crippen LogP contribution in [-0.4, -0.2) is 48.0 Å². The number of aryl methyl sites for hydroxylation is 1. The number of hydrogen-bond acceptors (Lipinski definition) is 4. The summed E-state index contributed by atoms with van der Waals surface area (Å²) in [5, 5.41) is 3.31. The first kappa shape index (κ1) is 17.4. The Hall–Kier alpha value is -2.44. The number of anilines is 1. The average molecular weight is 360 g/mol. The molecule has 130 valence electrons. The molecule has 7 heteroatoms. The molecule has 1 fully saturated rings. The van der Waals surface area contributed by atoms with E-state index in [0.717, 1.165) is 5.56 Å². The number of pyridine rings is 1. The van der Waals surface area contributed by atoms with Crippen molar-refractivity contribution >= 4 is 29.1 Å². The normalized spacial score (nSPS) is 14.2. The maximum Gasteiger partial charge on any atom is 0.274 e. The van der Waals surface area contributed by atoms with E-state index < -0.39 is 5.91 Å². The van der Waals surface area contributed by atoms with Crippen molar-refractivity contribution in [2.24, 2.45) is 0 Å². The Bertz CT molecular complexity index is 804. The SMILES string of the molecule is Cc1ccc(NC(=O)c2cc(C(=O)N3CCOCC3)ccn2)cc1Cl. The fraction of sp³-hybridized carbons (Fsp3) is 0.278. The highest BCUT2D eigenvalue weighted by Crippen LogP contribution is 2.20. The zero-order valence-electron chi connectivity index (χ0n) is 13.8. The van der Waals surface area contributed by atoms with Gasteiger partial charge in [-0.3, -0.25) is 14.6 Å². The molecule has 1 aromatic carbocycles. The molecular weight excluding hydrogens is 342 g/mol. The molecule has 0 atom stereocenters. The van der Waals surface area contributed by atoms with Crippen molar-refractivity contribution in [1.29, 1.82) is 0 Å². The van der Waals surface area contributed by atoms with Crippen LogP contribution in [0, 0.1) is 6.92 Å². The molecule has 0 unspecified atom stereocenters. The molecule has 0 saturated carbocycles. The lowest BCUT2D eigenvalue weighted by molar-refractivity contribution is 0.0303. The molecule has 3 rings (SSSR count). The van der Waals surface area contributed by atoms with Gasteiger partial charge in [0.15, 0.2) is 0 Å². The van der Waals surface area contributed by atoms with E-state index in [9.17, 15) is 9.59 Å². The number of aromatic nitrogens is 1. The van der Waals surface area contributed by atoms with Crippen molar-refractivity contribution in [2.75, 3.05) is 31.6 Å². The van der Waals surface area contributed by atoms with Gasteiger partial charge in [-0.05, 0) is 36.8 Å². The van der Waals surface area contributed by atoms with Gasteiger partial charge in [0.2, 0.25) is 0 Å². The van der Waals surface area contributed by atoms with E-state index in [1.165, 1.54) is 12.3 Å². The highest BCUT2D eigenvalue weighted by Gasteiger charge is 2.20. The molecule has 2 heterocycles. The molecular formula is C18H18ClN3O3. The monoisotopic (exact) mass is 359 g/mol. The van der Waals surface area contributed by atoms with Crippen molar-refractivity contribution in [2.45, 2.75) is 6.92 Å². The maximum absolute atomic E-state index is 12.5. The Morgan fingerprint density at radius 1 is 1.20 bits per heavy atom. The van der Waals surface area contributed by atoms with Crippen LogP contribution in [0.1, 0.15) is 26.4 Å². The number of carbonyl (C=O) groups is 2. The lowest BCUT2D eigenvalue weighted by atomic mass is 10.1. The number of halogens is 1. The minimum absolute atomic E-state index is 0.127. The number of benzene rings is 1. The predicted octanol–water partition coefficient (Wildman–Crippen LogP) is 2.77. The van der Waals surface area contributed by atoms with Crippen LogP contribution in [0.5, 0.6) is 0 Å². The zero-order chi connectivity index (χ0) is 17.8. The second-order valence-corrected chi connectivity index (χ2v) is 6.16. The van der Waals surface area contributed by atoms with E-state index in [2.05, 4.69) is 10.3 Å². The third-order valence-corrected chi connectivity index (χ3v) is 4.37. The molecule has 0 spiro atoms. The minimum atomic E-state index is -0.392.